The molecule has 48 heavy (non-hydrogen) atoms. The third kappa shape index (κ3) is 8.05. The molecule has 0 amide bonds. The van der Waals surface area contributed by atoms with Gasteiger partial charge in [0, 0.05) is 0 Å². The molecule has 8 N–H and O–H groups in total. The minimum atomic E-state index is -6.07. The monoisotopic (exact) mass is 756 g/mol. The Labute approximate surface area is 271 Å². The van der Waals surface area contributed by atoms with Crippen LogP contribution in [-0.2, 0) is 45.2 Å². The van der Waals surface area contributed by atoms with Crippen molar-refractivity contribution in [2.24, 2.45) is 7.05 Å². The first-order chi connectivity index (χ1) is 22.4. The lowest BCUT2D eigenvalue weighted by molar-refractivity contribution is -0.673. The lowest BCUT2D eigenvalue weighted by Crippen LogP contribution is -2.34. The van der Waals surface area contributed by atoms with Crippen LogP contribution < -0.4 is 41.8 Å². The summed E-state index contributed by atoms with van der Waals surface area (Å²) in [5.74, 6) is -0.225. The molecule has 1 aliphatic heterocycles. The molecule has 1 saturated heterocycles. The number of aliphatic hydroxyl groups excluding tert-OH is 2. The van der Waals surface area contributed by atoms with Gasteiger partial charge >= 0.3 is 5.65 Å². The molecule has 0 radical (unpaired) electrons. The van der Waals surface area contributed by atoms with Crippen LogP contribution in [0.4, 0.5) is 11.9 Å². The van der Waals surface area contributed by atoms with Gasteiger partial charge in [-0.2, -0.15) is 16.7 Å². The predicted molar refractivity (Wildman–Crippen MR) is 157 cm³/mol. The first kappa shape index (κ1) is 36.3. The molecule has 5 rings (SSSR count). The number of phosphoric ester groups is 1. The van der Waals surface area contributed by atoms with Gasteiger partial charge < -0.3 is 50.2 Å². The van der Waals surface area contributed by atoms with Crippen LogP contribution in [0.15, 0.2) is 22.2 Å². The van der Waals surface area contributed by atoms with Gasteiger partial charge in [-0.25, -0.2) is 13.9 Å². The van der Waals surface area contributed by atoms with Gasteiger partial charge in [-0.1, -0.05) is 4.98 Å². The van der Waals surface area contributed by atoms with Crippen molar-refractivity contribution in [3.63, 3.8) is 0 Å². The van der Waals surface area contributed by atoms with E-state index in [-0.39, 0.29) is 40.9 Å². The molecule has 0 bridgehead atoms. The van der Waals surface area contributed by atoms with E-state index in [1.807, 2.05) is 0 Å². The highest BCUT2D eigenvalue weighted by molar-refractivity contribution is 8.04. The van der Waals surface area contributed by atoms with Crippen LogP contribution in [0.5, 0.6) is 0 Å². The topological polar surface area (TPSA) is 368 Å². The van der Waals surface area contributed by atoms with Crippen molar-refractivity contribution in [2.75, 3.05) is 29.3 Å². The summed E-state index contributed by atoms with van der Waals surface area (Å²) in [4.78, 5) is 77.2. The van der Waals surface area contributed by atoms with E-state index in [2.05, 4.69) is 38.1 Å². The number of nitrogens with two attached hydrogens (primary N) is 2. The van der Waals surface area contributed by atoms with Crippen LogP contribution in [0.3, 0.4) is 0 Å². The average Bonchev–Trinajstić information content (AvgIpc) is 3.59. The molecule has 1 aliphatic rings. The van der Waals surface area contributed by atoms with Gasteiger partial charge in [0.15, 0.2) is 31.3 Å². The second-order valence-electron chi connectivity index (χ2n) is 10.2. The molecule has 28 heteroatoms. The van der Waals surface area contributed by atoms with Crippen LogP contribution in [0.1, 0.15) is 12.6 Å². The number of nitrogen functional groups attached to an aromatic ring is 2. The summed E-state index contributed by atoms with van der Waals surface area (Å²) in [6.45, 7) is -0.820. The summed E-state index contributed by atoms with van der Waals surface area (Å²) in [7, 11) is -15.5. The molecule has 4 aromatic heterocycles. The Bertz CT molecular complexity index is 2100. The van der Waals surface area contributed by atoms with E-state index in [0.29, 0.717) is 12.1 Å². The maximum absolute atomic E-state index is 12.3. The van der Waals surface area contributed by atoms with E-state index < -0.39 is 71.0 Å². The van der Waals surface area contributed by atoms with Gasteiger partial charge in [0.25, 0.3) is 32.7 Å². The van der Waals surface area contributed by atoms with E-state index >= 15 is 0 Å². The highest BCUT2D eigenvalue weighted by atomic mass is 32.2. The van der Waals surface area contributed by atoms with E-state index in [0.717, 1.165) is 22.7 Å². The summed E-state index contributed by atoms with van der Waals surface area (Å²) in [6, 6.07) is 0. The SMILES string of the molecule is Cn1c[n+](CCCSCP(=O)([O-])OP(=O)([O-])OP(=O)([O-])OCC2OC(n3cnc4c(=O)[nH]c(N)nc43)C(O)C2O)c2nc(N)[nH]c(=O)c21. The first-order valence-electron chi connectivity index (χ1n) is 13.4. The number of hydrogen-bond donors (Lipinski definition) is 6. The van der Waals surface area contributed by atoms with Crippen molar-refractivity contribution in [2.45, 2.75) is 37.5 Å². The summed E-state index contributed by atoms with van der Waals surface area (Å²) in [5.41, 5.74) is 9.33. The van der Waals surface area contributed by atoms with E-state index in [1.54, 1.807) is 17.9 Å². The smallest absolute Gasteiger partial charge is 0.311 e. The molecular formula is C20H27N10O14P3S-2. The molecule has 24 nitrogen and oxygen atoms in total. The van der Waals surface area contributed by atoms with Gasteiger partial charge in [-0.05, 0) is 12.2 Å². The molecule has 1 fully saturated rings. The number of H-pyrrole nitrogens is 2. The highest BCUT2D eigenvalue weighted by Crippen LogP contribution is 2.63. The second-order valence-corrected chi connectivity index (χ2v) is 16.6. The number of nitrogens with zero attached hydrogens (tertiary/aromatic N) is 6. The van der Waals surface area contributed by atoms with Crippen LogP contribution in [-0.4, -0.2) is 80.4 Å². The maximum atomic E-state index is 12.3. The molecule has 0 aliphatic carbocycles. The van der Waals surface area contributed by atoms with Crippen LogP contribution >= 0.6 is 35.0 Å². The Kier molecular flexibility index (Phi) is 10.4. The first-order valence-corrected chi connectivity index (χ1v) is 19.2. The second kappa shape index (κ2) is 13.7. The summed E-state index contributed by atoms with van der Waals surface area (Å²) < 4.78 is 58.6. The third-order valence-electron chi connectivity index (χ3n) is 6.65. The lowest BCUT2D eigenvalue weighted by atomic mass is 10.1. The van der Waals surface area contributed by atoms with Crippen LogP contribution in [0.25, 0.3) is 22.3 Å². The Morgan fingerprint density at radius 3 is 2.48 bits per heavy atom. The van der Waals surface area contributed by atoms with Crippen LogP contribution in [0.2, 0.25) is 0 Å². The van der Waals surface area contributed by atoms with Gasteiger partial charge in [-0.3, -0.25) is 42.1 Å². The van der Waals surface area contributed by atoms with E-state index in [9.17, 15) is 48.2 Å². The van der Waals surface area contributed by atoms with Crippen molar-refractivity contribution < 1.29 is 61.0 Å². The number of fused-ring (bicyclic) bond motifs is 2. The van der Waals surface area contributed by atoms with E-state index in [4.69, 9.17) is 16.2 Å². The Balaban J connectivity index is 1.10. The van der Waals surface area contributed by atoms with Crippen LogP contribution in [0, 0.1) is 0 Å². The summed E-state index contributed by atoms with van der Waals surface area (Å²) in [5, 5.41) is 20.8. The molecule has 7 unspecified atom stereocenters. The minimum absolute atomic E-state index is 0.0938. The number of ether oxygens (including phenoxy) is 1. The summed E-state index contributed by atoms with van der Waals surface area (Å²) >= 11 is 0.753. The molecule has 4 aromatic rings. The zero-order valence-electron chi connectivity index (χ0n) is 24.4. The number of anilines is 2. The molecule has 5 heterocycles. The van der Waals surface area contributed by atoms with E-state index in [1.165, 1.54) is 4.57 Å². The molecule has 0 aromatic carbocycles. The number of aromatic nitrogens is 8. The number of phosphoric acid groups is 2. The molecule has 7 atom stereocenters. The molecule has 264 valence electrons. The normalized spacial score (nSPS) is 23.7. The fourth-order valence-electron chi connectivity index (χ4n) is 4.72. The highest BCUT2D eigenvalue weighted by Gasteiger charge is 2.45. The quantitative estimate of drug-likeness (QED) is 0.0406. The molecular weight excluding hydrogens is 729 g/mol. The number of imidazole rings is 2. The maximum Gasteiger partial charge on any atom is 0.311 e. The zero-order chi connectivity index (χ0) is 35.2. The van der Waals surface area contributed by atoms with Gasteiger partial charge in [-0.15, -0.1) is 0 Å². The Hall–Kier alpha value is -3.02. The molecule has 0 saturated carbocycles. The largest absolute Gasteiger partial charge is 0.778 e. The van der Waals surface area contributed by atoms with Gasteiger partial charge in [0.05, 0.1) is 32.0 Å². The van der Waals surface area contributed by atoms with Gasteiger partial charge in [0.1, 0.15) is 18.3 Å². The predicted octanol–water partition coefficient (Wildman–Crippen LogP) is -3.91. The van der Waals surface area contributed by atoms with Gasteiger partial charge in [0.2, 0.25) is 11.5 Å². The fourth-order valence-corrected chi connectivity index (χ4v) is 10.2. The zero-order valence-corrected chi connectivity index (χ0v) is 27.9. The number of aromatic amines is 2. The number of aliphatic hydroxyl groups is 2. The molecule has 0 spiro atoms. The van der Waals surface area contributed by atoms with Crippen molar-refractivity contribution in [1.29, 1.82) is 0 Å². The van der Waals surface area contributed by atoms with Crippen molar-refractivity contribution in [3.8, 4) is 0 Å². The average molecular weight is 756 g/mol. The number of thioether (sulfide) groups is 1. The Morgan fingerprint density at radius 2 is 1.75 bits per heavy atom. The summed E-state index contributed by atoms with van der Waals surface area (Å²) in [6.07, 6.45) is -3.66. The number of nitrogens with one attached hydrogen (secondary N) is 2. The lowest BCUT2D eigenvalue weighted by Gasteiger charge is -2.35. The van der Waals surface area contributed by atoms with Crippen molar-refractivity contribution in [1.82, 2.24) is 34.1 Å². The fraction of sp³-hybridized carbons (Fsp3) is 0.500. The third-order valence-corrected chi connectivity index (χ3v) is 13.1. The number of hydrogen-bond acceptors (Lipinski definition) is 20. The number of aryl methyl sites for hydroxylation is 2. The minimum Gasteiger partial charge on any atom is -0.778 e. The standard InChI is InChI=1S/C20H29N10O14P3S/c1-28-7-29(15-11(28)17(34)27-20(22)25-15)3-2-4-48-8-45(35,36)43-47(39,40)44-46(37,38)41-5-9-12(31)13(32)18(42-9)30-6-23-10-14(30)24-19(21)26-16(10)33/h6-7,9,12-13,18,31-32H,2-5,8H2,1H3,(H8-,21,22,24,25,26,27,33,34,35,36,37,38,39,40)/p-2. The number of rotatable bonds is 14. The van der Waals surface area contributed by atoms with Crippen molar-refractivity contribution >= 4 is 69.2 Å². The Morgan fingerprint density at radius 1 is 1.06 bits per heavy atom. The van der Waals surface area contributed by atoms with Crippen molar-refractivity contribution in [3.05, 3.63) is 33.4 Å².